The molecule has 0 saturated carbocycles. The van der Waals surface area contributed by atoms with Crippen LogP contribution >= 0.6 is 11.6 Å². The smallest absolute Gasteiger partial charge is 0.272 e. The molecule has 0 radical (unpaired) electrons. The molecule has 1 atom stereocenters. The number of amides is 1. The summed E-state index contributed by atoms with van der Waals surface area (Å²) in [5.41, 5.74) is 6.24. The van der Waals surface area contributed by atoms with E-state index in [4.69, 9.17) is 11.6 Å². The maximum atomic E-state index is 12.0. The summed E-state index contributed by atoms with van der Waals surface area (Å²) >= 11 is 6.46. The summed E-state index contributed by atoms with van der Waals surface area (Å²) in [5.74, 6) is 0.115. The Hall–Kier alpha value is -2.40. The van der Waals surface area contributed by atoms with E-state index in [1.54, 1.807) is 24.5 Å². The number of benzene rings is 1. The van der Waals surface area contributed by atoms with E-state index in [-0.39, 0.29) is 11.4 Å². The van der Waals surface area contributed by atoms with E-state index >= 15 is 0 Å². The van der Waals surface area contributed by atoms with E-state index in [1.165, 1.54) is 11.8 Å². The summed E-state index contributed by atoms with van der Waals surface area (Å²) in [4.78, 5) is 18.2. The number of halogens is 1. The lowest BCUT2D eigenvalue weighted by molar-refractivity contribution is 0.0955. The highest BCUT2D eigenvalue weighted by atomic mass is 35.5. The molecule has 0 saturated heterocycles. The van der Waals surface area contributed by atoms with Gasteiger partial charge in [-0.05, 0) is 56.0 Å². The zero-order valence-electron chi connectivity index (χ0n) is 15.5. The third kappa shape index (κ3) is 3.58. The van der Waals surface area contributed by atoms with Crippen molar-refractivity contribution in [1.82, 2.24) is 10.4 Å². The summed E-state index contributed by atoms with van der Waals surface area (Å²) in [5, 5.41) is 4.66. The van der Waals surface area contributed by atoms with Gasteiger partial charge >= 0.3 is 0 Å². The standard InChI is InChI=1S/C20H23ClN4O/c1-13-10-20(2,3)25(4)18-9-17(21)15(8-16(13)18)12-23-24-19(26)14-6-5-7-22-11-14/h5-9,11-13H,10H2,1-4H3,(H,24,26)/b23-12-/t13-/m0/s1. The van der Waals surface area contributed by atoms with Crippen molar-refractivity contribution < 1.29 is 4.79 Å². The van der Waals surface area contributed by atoms with Crippen LogP contribution in [0.25, 0.3) is 0 Å². The maximum Gasteiger partial charge on any atom is 0.272 e. The van der Waals surface area contributed by atoms with E-state index < -0.39 is 0 Å². The number of fused-ring (bicyclic) bond motifs is 1. The first-order chi connectivity index (χ1) is 12.3. The zero-order chi connectivity index (χ0) is 18.9. The number of hydrazone groups is 1. The quantitative estimate of drug-likeness (QED) is 0.650. The van der Waals surface area contributed by atoms with Crippen LogP contribution in [-0.2, 0) is 0 Å². The number of aromatic nitrogens is 1. The van der Waals surface area contributed by atoms with Crippen molar-refractivity contribution in [2.45, 2.75) is 38.6 Å². The van der Waals surface area contributed by atoms with Crippen LogP contribution < -0.4 is 10.3 Å². The first-order valence-corrected chi connectivity index (χ1v) is 8.98. The van der Waals surface area contributed by atoms with Gasteiger partial charge in [0.05, 0.1) is 16.8 Å². The molecule has 2 aromatic rings. The highest BCUT2D eigenvalue weighted by molar-refractivity contribution is 6.33. The molecule has 0 aliphatic carbocycles. The number of nitrogens with one attached hydrogen (secondary N) is 1. The highest BCUT2D eigenvalue weighted by Crippen LogP contribution is 2.44. The van der Waals surface area contributed by atoms with Gasteiger partial charge in [0.25, 0.3) is 5.91 Å². The molecule has 1 N–H and O–H groups in total. The van der Waals surface area contributed by atoms with E-state index in [1.807, 2.05) is 6.07 Å². The van der Waals surface area contributed by atoms with Gasteiger partial charge in [0.1, 0.15) is 0 Å². The summed E-state index contributed by atoms with van der Waals surface area (Å²) < 4.78 is 0. The van der Waals surface area contributed by atoms with Crippen molar-refractivity contribution in [3.05, 3.63) is 58.4 Å². The number of pyridine rings is 1. The lowest BCUT2D eigenvalue weighted by Crippen LogP contribution is -2.45. The van der Waals surface area contributed by atoms with Crippen LogP contribution in [0.5, 0.6) is 0 Å². The molecule has 26 heavy (non-hydrogen) atoms. The Labute approximate surface area is 159 Å². The molecule has 3 rings (SSSR count). The fraction of sp³-hybridized carbons (Fsp3) is 0.350. The average Bonchev–Trinajstić information content (AvgIpc) is 2.61. The monoisotopic (exact) mass is 370 g/mol. The normalized spacial score (nSPS) is 18.7. The van der Waals surface area contributed by atoms with Gasteiger partial charge in [-0.2, -0.15) is 5.10 Å². The lowest BCUT2D eigenvalue weighted by atomic mass is 9.80. The van der Waals surface area contributed by atoms with Crippen LogP contribution in [0.1, 0.15) is 54.6 Å². The Morgan fingerprint density at radius 1 is 1.46 bits per heavy atom. The molecule has 5 nitrogen and oxygen atoms in total. The Morgan fingerprint density at radius 2 is 2.23 bits per heavy atom. The number of rotatable bonds is 3. The van der Waals surface area contributed by atoms with Gasteiger partial charge in [0, 0.05) is 36.2 Å². The van der Waals surface area contributed by atoms with Crippen molar-refractivity contribution in [1.29, 1.82) is 0 Å². The lowest BCUT2D eigenvalue weighted by Gasteiger charge is -2.45. The molecule has 0 bridgehead atoms. The second-order valence-corrected chi connectivity index (χ2v) is 7.76. The molecule has 1 amide bonds. The molecule has 0 fully saturated rings. The van der Waals surface area contributed by atoms with Gasteiger partial charge < -0.3 is 4.90 Å². The summed E-state index contributed by atoms with van der Waals surface area (Å²) in [7, 11) is 2.10. The second kappa shape index (κ2) is 7.08. The van der Waals surface area contributed by atoms with Crippen molar-refractivity contribution in [2.24, 2.45) is 5.10 Å². The van der Waals surface area contributed by atoms with Gasteiger partial charge in [-0.1, -0.05) is 18.5 Å². The third-order valence-corrected chi connectivity index (χ3v) is 5.37. The highest BCUT2D eigenvalue weighted by Gasteiger charge is 2.34. The Balaban J connectivity index is 1.82. The van der Waals surface area contributed by atoms with E-state index in [9.17, 15) is 4.79 Å². The fourth-order valence-electron chi connectivity index (χ4n) is 3.43. The van der Waals surface area contributed by atoms with Gasteiger partial charge in [0.15, 0.2) is 0 Å². The molecular weight excluding hydrogens is 348 g/mol. The minimum absolute atomic E-state index is 0.0864. The average molecular weight is 371 g/mol. The van der Waals surface area contributed by atoms with Crippen LogP contribution in [0, 0.1) is 0 Å². The van der Waals surface area contributed by atoms with Crippen LogP contribution in [0.15, 0.2) is 41.8 Å². The number of nitrogens with zero attached hydrogens (tertiary/aromatic N) is 3. The third-order valence-electron chi connectivity index (χ3n) is 5.05. The molecule has 0 spiro atoms. The molecule has 0 unspecified atom stereocenters. The predicted octanol–water partition coefficient (Wildman–Crippen LogP) is 4.22. The Morgan fingerprint density at radius 3 is 2.92 bits per heavy atom. The van der Waals surface area contributed by atoms with Crippen molar-refractivity contribution in [3.8, 4) is 0 Å². The van der Waals surface area contributed by atoms with Crippen molar-refractivity contribution >= 4 is 29.4 Å². The molecule has 1 aromatic carbocycles. The number of hydrogen-bond donors (Lipinski definition) is 1. The number of hydrogen-bond acceptors (Lipinski definition) is 4. The topological polar surface area (TPSA) is 57.6 Å². The van der Waals surface area contributed by atoms with Crippen LogP contribution in [0.4, 0.5) is 5.69 Å². The largest absolute Gasteiger partial charge is 0.369 e. The maximum absolute atomic E-state index is 12.0. The first kappa shape index (κ1) is 18.4. The second-order valence-electron chi connectivity index (χ2n) is 7.35. The Bertz CT molecular complexity index is 848. The van der Waals surface area contributed by atoms with Gasteiger partial charge in [-0.3, -0.25) is 9.78 Å². The molecular formula is C20H23ClN4O. The summed E-state index contributed by atoms with van der Waals surface area (Å²) in [6.45, 7) is 6.71. The van der Waals surface area contributed by atoms with Crippen LogP contribution in [0.2, 0.25) is 5.02 Å². The van der Waals surface area contributed by atoms with Crippen molar-refractivity contribution in [3.63, 3.8) is 0 Å². The van der Waals surface area contributed by atoms with Gasteiger partial charge in [-0.15, -0.1) is 0 Å². The minimum Gasteiger partial charge on any atom is -0.369 e. The van der Waals surface area contributed by atoms with E-state index in [2.05, 4.69) is 54.3 Å². The summed E-state index contributed by atoms with van der Waals surface area (Å²) in [6.07, 6.45) is 5.76. The zero-order valence-corrected chi connectivity index (χ0v) is 16.2. The molecule has 1 aliphatic rings. The SMILES string of the molecule is C[C@H]1CC(C)(C)N(C)c2cc(Cl)c(/C=N\NC(=O)c3cccnc3)cc21. The minimum atomic E-state index is -0.307. The van der Waals surface area contributed by atoms with Crippen LogP contribution in [-0.4, -0.2) is 29.7 Å². The van der Waals surface area contributed by atoms with E-state index in [0.29, 0.717) is 16.5 Å². The summed E-state index contributed by atoms with van der Waals surface area (Å²) in [6, 6.07) is 7.44. The molecule has 136 valence electrons. The van der Waals surface area contributed by atoms with Crippen molar-refractivity contribution in [2.75, 3.05) is 11.9 Å². The Kier molecular flexibility index (Phi) is 5.01. The fourth-order valence-corrected chi connectivity index (χ4v) is 3.63. The number of carbonyl (C=O) groups excluding carboxylic acids is 1. The molecule has 2 heterocycles. The number of anilines is 1. The first-order valence-electron chi connectivity index (χ1n) is 8.60. The predicted molar refractivity (Wildman–Crippen MR) is 106 cm³/mol. The van der Waals surface area contributed by atoms with Gasteiger partial charge in [0.2, 0.25) is 0 Å². The van der Waals surface area contributed by atoms with E-state index in [0.717, 1.165) is 17.7 Å². The molecule has 1 aliphatic heterocycles. The van der Waals surface area contributed by atoms with Crippen LogP contribution in [0.3, 0.4) is 0 Å². The number of carbonyl (C=O) groups is 1. The molecule has 6 heteroatoms. The van der Waals surface area contributed by atoms with Gasteiger partial charge in [-0.25, -0.2) is 5.43 Å². The molecule has 1 aromatic heterocycles.